The third-order valence-electron chi connectivity index (χ3n) is 4.42. The molecule has 0 saturated heterocycles. The molecule has 0 spiro atoms. The number of allylic oxidation sites excluding steroid dienone is 4. The normalized spacial score (nSPS) is 12.1. The summed E-state index contributed by atoms with van der Waals surface area (Å²) >= 11 is 0. The van der Waals surface area contributed by atoms with Crippen molar-refractivity contribution in [3.63, 3.8) is 0 Å². The number of benzene rings is 3. The van der Waals surface area contributed by atoms with Crippen LogP contribution in [0.1, 0.15) is 23.1 Å². The van der Waals surface area contributed by atoms with Crippen molar-refractivity contribution in [3.05, 3.63) is 114 Å². The largest absolute Gasteiger partial charge is 4.00 e. The zero-order valence-electron chi connectivity index (χ0n) is 14.8. The van der Waals surface area contributed by atoms with Crippen molar-refractivity contribution in [2.45, 2.75) is 12.8 Å². The molecule has 2 aliphatic rings. The fraction of sp³-hybridized carbons (Fsp3) is 0.0833. The van der Waals surface area contributed by atoms with Gasteiger partial charge in [0.05, 0.1) is 0 Å². The Morgan fingerprint density at radius 1 is 0.741 bits per heavy atom. The summed E-state index contributed by atoms with van der Waals surface area (Å²) in [4.78, 5) is 0. The van der Waals surface area contributed by atoms with Crippen LogP contribution in [0, 0.1) is 12.1 Å². The van der Waals surface area contributed by atoms with Gasteiger partial charge in [-0.05, 0) is 6.42 Å². The van der Waals surface area contributed by atoms with Gasteiger partial charge >= 0.3 is 26.2 Å². The molecule has 0 N–H and O–H groups in total. The van der Waals surface area contributed by atoms with E-state index in [2.05, 4.69) is 85.0 Å². The van der Waals surface area contributed by atoms with Crippen LogP contribution in [0.5, 0.6) is 0 Å². The first kappa shape index (κ1) is 23.6. The third-order valence-corrected chi connectivity index (χ3v) is 4.42. The summed E-state index contributed by atoms with van der Waals surface area (Å²) in [7, 11) is 0. The van der Waals surface area contributed by atoms with Crippen LogP contribution in [0.4, 0.5) is 0 Å². The van der Waals surface area contributed by atoms with Gasteiger partial charge in [-0.3, -0.25) is 6.08 Å². The Kier molecular flexibility index (Phi) is 10.0. The molecule has 0 radical (unpaired) electrons. The number of fused-ring (bicyclic) bond motifs is 3. The van der Waals surface area contributed by atoms with E-state index in [4.69, 9.17) is 0 Å². The van der Waals surface area contributed by atoms with Gasteiger partial charge in [-0.15, -0.1) is 17.5 Å². The van der Waals surface area contributed by atoms with E-state index in [9.17, 15) is 0 Å². The van der Waals surface area contributed by atoms with Gasteiger partial charge in [0, 0.05) is 0 Å². The molecule has 0 heterocycles. The zero-order valence-corrected chi connectivity index (χ0v) is 18.7. The minimum Gasteiger partial charge on any atom is -1.00 e. The average molecular weight is 469 g/mol. The van der Waals surface area contributed by atoms with Gasteiger partial charge < -0.3 is 24.8 Å². The Hall–Kier alpha value is -1.40. The Morgan fingerprint density at radius 2 is 1.44 bits per heavy atom. The molecular formula is C24H18Cl2Zr. The number of hydrogen-bond acceptors (Lipinski definition) is 0. The van der Waals surface area contributed by atoms with Crippen LogP contribution in [-0.2, 0) is 32.6 Å². The SMILES string of the molecule is [C-]1=CC(c2ccccc2)=CC1.[Cl-].[Cl-].[Zr+4].[c-]1cccc2c1Cc1ccccc1-2. The van der Waals surface area contributed by atoms with E-state index in [1.54, 1.807) is 0 Å². The standard InChI is InChI=1S/C13H9.C11H9.2ClH.Zr/c1-3-7-12-10(5-1)9-11-6-2-4-8-13(11)12;1-2-6-10(7-3-1)11-8-4-5-9-11;;;/h1-5,7-8H,9H2;1-3,6-9H,4H2;2*1H;/q2*-1;;;+4/p-2. The fourth-order valence-corrected chi connectivity index (χ4v) is 3.23. The molecule has 0 amide bonds. The van der Waals surface area contributed by atoms with E-state index >= 15 is 0 Å². The third kappa shape index (κ3) is 5.55. The van der Waals surface area contributed by atoms with Crippen molar-refractivity contribution in [3.8, 4) is 11.1 Å². The summed E-state index contributed by atoms with van der Waals surface area (Å²) in [5, 5.41) is 0. The zero-order chi connectivity index (χ0) is 16.2. The van der Waals surface area contributed by atoms with Gasteiger partial charge in [-0.25, -0.2) is 6.08 Å². The Morgan fingerprint density at radius 3 is 2.19 bits per heavy atom. The van der Waals surface area contributed by atoms with E-state index in [1.807, 2.05) is 12.1 Å². The molecule has 27 heavy (non-hydrogen) atoms. The van der Waals surface area contributed by atoms with Crippen LogP contribution in [0.3, 0.4) is 0 Å². The maximum absolute atomic E-state index is 3.30. The van der Waals surface area contributed by atoms with E-state index < -0.39 is 0 Å². The summed E-state index contributed by atoms with van der Waals surface area (Å²) in [5.74, 6) is 0. The summed E-state index contributed by atoms with van der Waals surface area (Å²) in [5.41, 5.74) is 8.10. The summed E-state index contributed by atoms with van der Waals surface area (Å²) in [6, 6.07) is 28.5. The van der Waals surface area contributed by atoms with E-state index in [0.717, 1.165) is 12.8 Å². The first-order chi connectivity index (χ1) is 11.9. The predicted octanol–water partition coefficient (Wildman–Crippen LogP) is -0.103. The van der Waals surface area contributed by atoms with Gasteiger partial charge in [-0.2, -0.15) is 41.5 Å². The van der Waals surface area contributed by atoms with Crippen LogP contribution < -0.4 is 24.8 Å². The van der Waals surface area contributed by atoms with Crippen molar-refractivity contribution in [2.24, 2.45) is 0 Å². The average Bonchev–Trinajstić information content (AvgIpc) is 3.31. The maximum atomic E-state index is 3.30. The summed E-state index contributed by atoms with van der Waals surface area (Å²) in [6.07, 6.45) is 9.40. The predicted molar refractivity (Wildman–Crippen MR) is 100 cm³/mol. The molecule has 2 aliphatic carbocycles. The number of halogens is 2. The second kappa shape index (κ2) is 11.4. The smallest absolute Gasteiger partial charge is 1.00 e. The topological polar surface area (TPSA) is 0 Å². The number of hydrogen-bond donors (Lipinski definition) is 0. The fourth-order valence-electron chi connectivity index (χ4n) is 3.23. The Bertz CT molecular complexity index is 871. The van der Waals surface area contributed by atoms with Crippen LogP contribution in [-0.4, -0.2) is 0 Å². The molecule has 0 bridgehead atoms. The van der Waals surface area contributed by atoms with Crippen molar-refractivity contribution in [1.82, 2.24) is 0 Å². The molecule has 0 fully saturated rings. The Labute approximate surface area is 193 Å². The van der Waals surface area contributed by atoms with Gasteiger partial charge in [0.15, 0.2) is 0 Å². The molecule has 0 unspecified atom stereocenters. The molecule has 5 rings (SSSR count). The maximum Gasteiger partial charge on any atom is 4.00 e. The van der Waals surface area contributed by atoms with Crippen LogP contribution >= 0.6 is 0 Å². The Balaban J connectivity index is 0.000000246. The molecule has 3 aromatic rings. The molecule has 0 aliphatic heterocycles. The molecule has 3 aromatic carbocycles. The number of rotatable bonds is 1. The molecular weight excluding hydrogens is 450 g/mol. The van der Waals surface area contributed by atoms with Gasteiger partial charge in [0.1, 0.15) is 0 Å². The molecule has 3 heteroatoms. The van der Waals surface area contributed by atoms with Gasteiger partial charge in [0.2, 0.25) is 0 Å². The van der Waals surface area contributed by atoms with E-state index in [0.29, 0.717) is 0 Å². The van der Waals surface area contributed by atoms with Crippen molar-refractivity contribution in [1.29, 1.82) is 0 Å². The van der Waals surface area contributed by atoms with Crippen LogP contribution in [0.25, 0.3) is 16.7 Å². The minimum atomic E-state index is 0. The second-order valence-electron chi connectivity index (χ2n) is 5.97. The molecule has 0 saturated carbocycles. The van der Waals surface area contributed by atoms with Crippen molar-refractivity contribution in [2.75, 3.05) is 0 Å². The quantitative estimate of drug-likeness (QED) is 0.343. The van der Waals surface area contributed by atoms with Crippen LogP contribution in [0.2, 0.25) is 0 Å². The molecule has 0 nitrogen and oxygen atoms in total. The van der Waals surface area contributed by atoms with Crippen molar-refractivity contribution < 1.29 is 51.0 Å². The van der Waals surface area contributed by atoms with E-state index in [1.165, 1.54) is 33.4 Å². The van der Waals surface area contributed by atoms with Gasteiger partial charge in [-0.1, -0.05) is 65.7 Å². The first-order valence-electron chi connectivity index (χ1n) is 8.32. The van der Waals surface area contributed by atoms with Gasteiger partial charge in [0.25, 0.3) is 0 Å². The van der Waals surface area contributed by atoms with Crippen LogP contribution in [0.15, 0.2) is 84.9 Å². The van der Waals surface area contributed by atoms with E-state index in [-0.39, 0.29) is 51.0 Å². The first-order valence-corrected chi connectivity index (χ1v) is 8.32. The summed E-state index contributed by atoms with van der Waals surface area (Å²) in [6.45, 7) is 0. The second-order valence-corrected chi connectivity index (χ2v) is 5.97. The molecule has 0 aromatic heterocycles. The van der Waals surface area contributed by atoms with Crippen molar-refractivity contribution >= 4 is 5.57 Å². The molecule has 132 valence electrons. The molecule has 0 atom stereocenters. The summed E-state index contributed by atoms with van der Waals surface area (Å²) < 4.78 is 0. The minimum absolute atomic E-state index is 0. The monoisotopic (exact) mass is 466 g/mol.